The van der Waals surface area contributed by atoms with Gasteiger partial charge in [-0.3, -0.25) is 0 Å². The van der Waals surface area contributed by atoms with Crippen molar-refractivity contribution >= 4 is 0 Å². The summed E-state index contributed by atoms with van der Waals surface area (Å²) in [7, 11) is 1.76. The molecule has 0 aliphatic rings. The van der Waals surface area contributed by atoms with Crippen molar-refractivity contribution in [3.63, 3.8) is 0 Å². The first-order valence-corrected chi connectivity index (χ1v) is 13.2. The molecule has 0 aromatic heterocycles. The summed E-state index contributed by atoms with van der Waals surface area (Å²) in [6.07, 6.45) is 14.9. The second-order valence-electron chi connectivity index (χ2n) is 9.02. The van der Waals surface area contributed by atoms with Gasteiger partial charge in [-0.2, -0.15) is 0 Å². The van der Waals surface area contributed by atoms with Gasteiger partial charge in [-0.15, -0.1) is 0 Å². The van der Waals surface area contributed by atoms with Gasteiger partial charge in [0.15, 0.2) is 0 Å². The minimum absolute atomic E-state index is 0. The lowest BCUT2D eigenvalue weighted by Crippen LogP contribution is -2.05. The maximum absolute atomic E-state index is 5.17. The number of unbranched alkanes of at least 4 members (excludes halogenated alkanes) is 4. The Bertz CT molecular complexity index is 592. The zero-order chi connectivity index (χ0) is 23.9. The Morgan fingerprint density at radius 1 is 0.618 bits per heavy atom. The van der Waals surface area contributed by atoms with Crippen LogP contribution < -0.4 is 0 Å². The summed E-state index contributed by atoms with van der Waals surface area (Å²) in [4.78, 5) is 0. The maximum Gasteiger partial charge on any atom is 0.0546 e. The van der Waals surface area contributed by atoms with E-state index in [4.69, 9.17) is 4.74 Å². The van der Waals surface area contributed by atoms with Gasteiger partial charge in [-0.25, -0.2) is 0 Å². The zero-order valence-corrected chi connectivity index (χ0v) is 22.1. The normalized spacial score (nSPS) is 11.4. The fourth-order valence-electron chi connectivity index (χ4n) is 3.28. The standard InChI is InChI=1S/C11H16O.C10H14.C10H22.2CH4/c1-10(12-2)8-9-11-6-4-3-5-7-11;1-2-3-7-10-8-5-4-6-9-10;1-4-6-7-8-9-10(3)5-2;;/h3-7,10H,8-9H2,1-2H3;4-6,8-9H,2-3,7H2,1H3;10H,4-9H2,1-3H3;2*1H4. The number of hydrogen-bond acceptors (Lipinski definition) is 1. The van der Waals surface area contributed by atoms with Crippen molar-refractivity contribution < 1.29 is 4.74 Å². The Hall–Kier alpha value is -1.60. The molecule has 2 atom stereocenters. The molecule has 0 saturated carbocycles. The quantitative estimate of drug-likeness (QED) is 0.263. The summed E-state index contributed by atoms with van der Waals surface area (Å²) in [5, 5.41) is 0. The number of hydrogen-bond donors (Lipinski definition) is 0. The van der Waals surface area contributed by atoms with E-state index in [1.165, 1.54) is 68.9 Å². The molecule has 0 radical (unpaired) electrons. The number of ether oxygens (including phenoxy) is 1. The minimum Gasteiger partial charge on any atom is -0.382 e. The van der Waals surface area contributed by atoms with Crippen molar-refractivity contribution in [2.45, 2.75) is 126 Å². The molecule has 2 aromatic rings. The van der Waals surface area contributed by atoms with Gasteiger partial charge in [0.1, 0.15) is 0 Å². The first-order valence-electron chi connectivity index (χ1n) is 13.2. The van der Waals surface area contributed by atoms with E-state index < -0.39 is 0 Å². The highest BCUT2D eigenvalue weighted by Gasteiger charge is 1.99. The Kier molecular flexibility index (Phi) is 30.0. The van der Waals surface area contributed by atoms with Crippen LogP contribution in [0.1, 0.15) is 118 Å². The second-order valence-corrected chi connectivity index (χ2v) is 9.02. The van der Waals surface area contributed by atoms with E-state index in [0.717, 1.165) is 18.8 Å². The molecule has 1 heteroatoms. The second kappa shape index (κ2) is 27.6. The molecule has 2 rings (SSSR count). The van der Waals surface area contributed by atoms with Crippen LogP contribution in [0.15, 0.2) is 60.7 Å². The molecular formula is C33H60O. The lowest BCUT2D eigenvalue weighted by molar-refractivity contribution is 0.111. The van der Waals surface area contributed by atoms with Crippen LogP contribution >= 0.6 is 0 Å². The molecule has 2 aromatic carbocycles. The van der Waals surface area contributed by atoms with Crippen LogP contribution in [0.25, 0.3) is 0 Å². The van der Waals surface area contributed by atoms with Gasteiger partial charge in [-0.05, 0) is 49.7 Å². The Morgan fingerprint density at radius 3 is 1.56 bits per heavy atom. The van der Waals surface area contributed by atoms with Gasteiger partial charge < -0.3 is 4.74 Å². The van der Waals surface area contributed by atoms with Crippen molar-refractivity contribution in [3.05, 3.63) is 71.8 Å². The first-order chi connectivity index (χ1) is 15.6. The number of rotatable bonds is 13. The summed E-state index contributed by atoms with van der Waals surface area (Å²) in [6, 6.07) is 21.2. The van der Waals surface area contributed by atoms with Crippen LogP contribution in [0.3, 0.4) is 0 Å². The smallest absolute Gasteiger partial charge is 0.0546 e. The molecule has 0 heterocycles. The van der Waals surface area contributed by atoms with Crippen LogP contribution in [-0.4, -0.2) is 13.2 Å². The van der Waals surface area contributed by atoms with Crippen molar-refractivity contribution in [1.29, 1.82) is 0 Å². The highest BCUT2D eigenvalue weighted by molar-refractivity contribution is 5.15. The Balaban J connectivity index is -0.000000415. The monoisotopic (exact) mass is 472 g/mol. The van der Waals surface area contributed by atoms with Gasteiger partial charge in [0.2, 0.25) is 0 Å². The Labute approximate surface area is 215 Å². The van der Waals surface area contributed by atoms with E-state index in [2.05, 4.69) is 89.2 Å². The van der Waals surface area contributed by atoms with Crippen molar-refractivity contribution in [1.82, 2.24) is 0 Å². The lowest BCUT2D eigenvalue weighted by Gasteiger charge is -2.08. The molecule has 1 nitrogen and oxygen atoms in total. The van der Waals surface area contributed by atoms with E-state index >= 15 is 0 Å². The first kappa shape index (κ1) is 37.0. The largest absolute Gasteiger partial charge is 0.382 e. The van der Waals surface area contributed by atoms with Gasteiger partial charge in [-0.1, -0.05) is 148 Å². The lowest BCUT2D eigenvalue weighted by atomic mass is 10.0. The van der Waals surface area contributed by atoms with Gasteiger partial charge in [0.25, 0.3) is 0 Å². The molecule has 0 bridgehead atoms. The van der Waals surface area contributed by atoms with E-state index in [1.807, 2.05) is 6.07 Å². The van der Waals surface area contributed by atoms with E-state index in [9.17, 15) is 0 Å². The number of aryl methyl sites for hydroxylation is 2. The fourth-order valence-corrected chi connectivity index (χ4v) is 3.28. The minimum atomic E-state index is 0. The van der Waals surface area contributed by atoms with Crippen molar-refractivity contribution in [3.8, 4) is 0 Å². The number of methoxy groups -OCH3 is 1. The van der Waals surface area contributed by atoms with Crippen LogP contribution in [0.4, 0.5) is 0 Å². The van der Waals surface area contributed by atoms with Gasteiger partial charge in [0, 0.05) is 7.11 Å². The molecule has 0 spiro atoms. The highest BCUT2D eigenvalue weighted by atomic mass is 16.5. The molecule has 0 aliphatic heterocycles. The van der Waals surface area contributed by atoms with E-state index in [0.29, 0.717) is 6.10 Å². The predicted octanol–water partition coefficient (Wildman–Crippen LogP) is 11.0. The molecule has 198 valence electrons. The molecular weight excluding hydrogens is 412 g/mol. The average Bonchev–Trinajstić information content (AvgIpc) is 2.85. The van der Waals surface area contributed by atoms with Crippen LogP contribution in [0.2, 0.25) is 0 Å². The predicted molar refractivity (Wildman–Crippen MR) is 158 cm³/mol. The van der Waals surface area contributed by atoms with Crippen molar-refractivity contribution in [2.24, 2.45) is 5.92 Å². The topological polar surface area (TPSA) is 9.23 Å². The average molecular weight is 473 g/mol. The zero-order valence-electron chi connectivity index (χ0n) is 22.1. The third-order valence-corrected chi connectivity index (χ3v) is 5.99. The summed E-state index contributed by atoms with van der Waals surface area (Å²) < 4.78 is 5.17. The molecule has 34 heavy (non-hydrogen) atoms. The fraction of sp³-hybridized carbons (Fsp3) is 0.636. The summed E-state index contributed by atoms with van der Waals surface area (Å²) in [6.45, 7) is 11.2. The Morgan fingerprint density at radius 2 is 1.12 bits per heavy atom. The maximum atomic E-state index is 5.17. The molecule has 0 aliphatic carbocycles. The molecule has 2 unspecified atom stereocenters. The van der Waals surface area contributed by atoms with E-state index in [-0.39, 0.29) is 14.9 Å². The van der Waals surface area contributed by atoms with Crippen LogP contribution in [0.5, 0.6) is 0 Å². The highest BCUT2D eigenvalue weighted by Crippen LogP contribution is 2.12. The molecule has 0 amide bonds. The van der Waals surface area contributed by atoms with Gasteiger partial charge >= 0.3 is 0 Å². The van der Waals surface area contributed by atoms with Gasteiger partial charge in [0.05, 0.1) is 6.10 Å². The summed E-state index contributed by atoms with van der Waals surface area (Å²) in [5.41, 5.74) is 2.85. The van der Waals surface area contributed by atoms with Crippen LogP contribution in [0, 0.1) is 5.92 Å². The summed E-state index contributed by atoms with van der Waals surface area (Å²) in [5.74, 6) is 0.955. The van der Waals surface area contributed by atoms with E-state index in [1.54, 1.807) is 7.11 Å². The third kappa shape index (κ3) is 23.6. The molecule has 0 N–H and O–H groups in total. The third-order valence-electron chi connectivity index (χ3n) is 5.99. The number of benzene rings is 2. The van der Waals surface area contributed by atoms with Crippen molar-refractivity contribution in [2.75, 3.05) is 7.11 Å². The van der Waals surface area contributed by atoms with Crippen LogP contribution in [-0.2, 0) is 17.6 Å². The molecule has 0 saturated heterocycles. The molecule has 0 fully saturated rings. The SMILES string of the molecule is C.C.CCCCCCC(C)CC.CCCCc1ccccc1.COC(C)CCc1ccccc1. The summed E-state index contributed by atoms with van der Waals surface area (Å²) >= 11 is 0.